The number of hydrogen-bond acceptors (Lipinski definition) is 4. The fourth-order valence-electron chi connectivity index (χ4n) is 0.879. The van der Waals surface area contributed by atoms with Crippen molar-refractivity contribution < 1.29 is 19.4 Å². The highest BCUT2D eigenvalue weighted by Gasteiger charge is 2.47. The zero-order valence-corrected chi connectivity index (χ0v) is 8.29. The van der Waals surface area contributed by atoms with Crippen LogP contribution < -0.4 is 0 Å². The smallest absolute Gasteiger partial charge is 0.429 e. The number of hydrogen-bond donors (Lipinski definition) is 1. The first kappa shape index (κ1) is 10.3. The molecule has 1 aliphatic rings. The summed E-state index contributed by atoms with van der Waals surface area (Å²) in [6, 6.07) is 0. The Kier molecular flexibility index (Phi) is 2.52. The van der Waals surface area contributed by atoms with E-state index in [0.717, 1.165) is 12.8 Å². The van der Waals surface area contributed by atoms with Crippen molar-refractivity contribution >= 4 is 6.16 Å². The van der Waals surface area contributed by atoms with Gasteiger partial charge in [0.15, 0.2) is 0 Å². The van der Waals surface area contributed by atoms with Crippen molar-refractivity contribution in [3.63, 3.8) is 0 Å². The van der Waals surface area contributed by atoms with Crippen LogP contribution in [0.1, 0.15) is 33.6 Å². The van der Waals surface area contributed by atoms with Crippen molar-refractivity contribution in [2.45, 2.75) is 44.8 Å². The zero-order chi connectivity index (χ0) is 10.1. The summed E-state index contributed by atoms with van der Waals surface area (Å²) in [5.74, 6) is 0. The standard InChI is InChI=1S/C9H16O4/c1-8(2,3)12-7(11)13-9(6-10)4-5-9/h10H,4-6H2,1-3H3. The lowest BCUT2D eigenvalue weighted by atomic mass is 10.2. The maximum Gasteiger partial charge on any atom is 0.509 e. The van der Waals surface area contributed by atoms with Crippen LogP contribution in [0.25, 0.3) is 0 Å². The molecule has 1 N–H and O–H groups in total. The molecule has 1 saturated carbocycles. The lowest BCUT2D eigenvalue weighted by Gasteiger charge is -2.21. The molecular weight excluding hydrogens is 172 g/mol. The summed E-state index contributed by atoms with van der Waals surface area (Å²) in [6.45, 7) is 5.19. The third kappa shape index (κ3) is 3.22. The minimum Gasteiger partial charge on any atom is -0.429 e. The van der Waals surface area contributed by atoms with Crippen LogP contribution >= 0.6 is 0 Å². The molecule has 76 valence electrons. The maximum absolute atomic E-state index is 11.1. The van der Waals surface area contributed by atoms with Crippen molar-refractivity contribution in [1.82, 2.24) is 0 Å². The van der Waals surface area contributed by atoms with E-state index in [1.807, 2.05) is 0 Å². The quantitative estimate of drug-likeness (QED) is 0.666. The van der Waals surface area contributed by atoms with Crippen molar-refractivity contribution in [1.29, 1.82) is 0 Å². The fourth-order valence-corrected chi connectivity index (χ4v) is 0.879. The van der Waals surface area contributed by atoms with Gasteiger partial charge in [-0.2, -0.15) is 0 Å². The van der Waals surface area contributed by atoms with Crippen molar-refractivity contribution in [2.24, 2.45) is 0 Å². The second-order valence-electron chi connectivity index (χ2n) is 4.41. The molecule has 0 aromatic rings. The van der Waals surface area contributed by atoms with E-state index >= 15 is 0 Å². The molecule has 0 heterocycles. The van der Waals surface area contributed by atoms with Crippen molar-refractivity contribution in [3.05, 3.63) is 0 Å². The topological polar surface area (TPSA) is 55.8 Å². The Labute approximate surface area is 77.8 Å². The first-order valence-corrected chi connectivity index (χ1v) is 4.40. The van der Waals surface area contributed by atoms with Crippen LogP contribution in [0.4, 0.5) is 4.79 Å². The Balaban J connectivity index is 2.34. The van der Waals surface area contributed by atoms with Gasteiger partial charge >= 0.3 is 6.16 Å². The average molecular weight is 188 g/mol. The van der Waals surface area contributed by atoms with E-state index in [-0.39, 0.29) is 6.61 Å². The summed E-state index contributed by atoms with van der Waals surface area (Å²) in [7, 11) is 0. The minimum atomic E-state index is -0.695. The number of rotatable bonds is 2. The molecule has 0 amide bonds. The second kappa shape index (κ2) is 3.18. The van der Waals surface area contributed by atoms with Gasteiger partial charge in [-0.05, 0) is 33.6 Å². The van der Waals surface area contributed by atoms with Crippen LogP contribution in [0.5, 0.6) is 0 Å². The summed E-state index contributed by atoms with van der Waals surface area (Å²) in [5.41, 5.74) is -1.18. The number of ether oxygens (including phenoxy) is 2. The Morgan fingerprint density at radius 2 is 2.00 bits per heavy atom. The molecule has 0 spiro atoms. The van der Waals surface area contributed by atoms with Gasteiger partial charge in [-0.15, -0.1) is 0 Å². The monoisotopic (exact) mass is 188 g/mol. The van der Waals surface area contributed by atoms with E-state index in [1.54, 1.807) is 20.8 Å². The first-order valence-electron chi connectivity index (χ1n) is 4.40. The van der Waals surface area contributed by atoms with E-state index in [1.165, 1.54) is 0 Å². The lowest BCUT2D eigenvalue weighted by molar-refractivity contribution is -0.0465. The molecule has 0 saturated heterocycles. The van der Waals surface area contributed by atoms with Crippen LogP contribution in [0.3, 0.4) is 0 Å². The van der Waals surface area contributed by atoms with Crippen molar-refractivity contribution in [3.8, 4) is 0 Å². The van der Waals surface area contributed by atoms with Gasteiger partial charge in [0.05, 0.1) is 6.61 Å². The van der Waals surface area contributed by atoms with E-state index in [2.05, 4.69) is 0 Å². The van der Waals surface area contributed by atoms with Crippen LogP contribution in [0, 0.1) is 0 Å². The molecule has 0 atom stereocenters. The van der Waals surface area contributed by atoms with Gasteiger partial charge in [-0.25, -0.2) is 4.79 Å². The summed E-state index contributed by atoms with van der Waals surface area (Å²) in [5, 5.41) is 8.87. The number of aliphatic hydroxyl groups is 1. The average Bonchev–Trinajstić information content (AvgIpc) is 2.65. The highest BCUT2D eigenvalue weighted by molar-refractivity contribution is 5.61. The van der Waals surface area contributed by atoms with Gasteiger partial charge in [0.25, 0.3) is 0 Å². The fraction of sp³-hybridized carbons (Fsp3) is 0.889. The van der Waals surface area contributed by atoms with Crippen molar-refractivity contribution in [2.75, 3.05) is 6.61 Å². The molecule has 1 aliphatic carbocycles. The second-order valence-corrected chi connectivity index (χ2v) is 4.41. The van der Waals surface area contributed by atoms with Crippen LogP contribution in [-0.4, -0.2) is 29.1 Å². The van der Waals surface area contributed by atoms with Gasteiger partial charge in [-0.3, -0.25) is 0 Å². The largest absolute Gasteiger partial charge is 0.509 e. The lowest BCUT2D eigenvalue weighted by Crippen LogP contribution is -2.30. The van der Waals surface area contributed by atoms with Gasteiger partial charge in [0.1, 0.15) is 11.2 Å². The number of carbonyl (C=O) groups is 1. The highest BCUT2D eigenvalue weighted by Crippen LogP contribution is 2.39. The number of aliphatic hydroxyl groups excluding tert-OH is 1. The molecule has 0 aliphatic heterocycles. The van der Waals surface area contributed by atoms with Gasteiger partial charge in [-0.1, -0.05) is 0 Å². The van der Waals surface area contributed by atoms with Crippen LogP contribution in [0.2, 0.25) is 0 Å². The third-order valence-corrected chi connectivity index (χ3v) is 1.79. The van der Waals surface area contributed by atoms with Gasteiger partial charge in [0, 0.05) is 0 Å². The normalized spacial score (nSPS) is 19.4. The minimum absolute atomic E-state index is 0.119. The molecule has 4 nitrogen and oxygen atoms in total. The van der Waals surface area contributed by atoms with E-state index in [9.17, 15) is 4.79 Å². The highest BCUT2D eigenvalue weighted by atomic mass is 16.7. The van der Waals surface area contributed by atoms with Crippen LogP contribution in [-0.2, 0) is 9.47 Å². The summed E-state index contributed by atoms with van der Waals surface area (Å²) >= 11 is 0. The van der Waals surface area contributed by atoms with Gasteiger partial charge < -0.3 is 14.6 Å². The molecule has 0 unspecified atom stereocenters. The molecule has 0 aromatic carbocycles. The summed E-state index contributed by atoms with van der Waals surface area (Å²) in [6.07, 6.45) is 0.755. The summed E-state index contributed by atoms with van der Waals surface area (Å²) in [4.78, 5) is 11.1. The molecular formula is C9H16O4. The molecule has 13 heavy (non-hydrogen) atoms. The SMILES string of the molecule is CC(C)(C)OC(=O)OC1(CO)CC1. The summed E-state index contributed by atoms with van der Waals surface area (Å²) < 4.78 is 9.91. The molecule has 0 aromatic heterocycles. The van der Waals surface area contributed by atoms with Gasteiger partial charge in [0.2, 0.25) is 0 Å². The molecule has 1 fully saturated rings. The van der Waals surface area contributed by atoms with Crippen LogP contribution in [0.15, 0.2) is 0 Å². The zero-order valence-electron chi connectivity index (χ0n) is 8.29. The maximum atomic E-state index is 11.1. The van der Waals surface area contributed by atoms with E-state index < -0.39 is 17.4 Å². The Bertz CT molecular complexity index is 200. The Morgan fingerprint density at radius 1 is 1.46 bits per heavy atom. The Hall–Kier alpha value is -0.770. The molecule has 4 heteroatoms. The molecule has 1 rings (SSSR count). The Morgan fingerprint density at radius 3 is 2.31 bits per heavy atom. The first-order chi connectivity index (χ1) is 5.87. The van der Waals surface area contributed by atoms with E-state index in [4.69, 9.17) is 14.6 Å². The third-order valence-electron chi connectivity index (χ3n) is 1.79. The van der Waals surface area contributed by atoms with E-state index in [0.29, 0.717) is 0 Å². The predicted octanol–water partition coefficient (Wildman–Crippen LogP) is 1.46. The predicted molar refractivity (Wildman–Crippen MR) is 46.4 cm³/mol. The number of carbonyl (C=O) groups excluding carboxylic acids is 1. The molecule has 0 radical (unpaired) electrons. The molecule has 0 bridgehead atoms.